The van der Waals surface area contributed by atoms with Crippen molar-refractivity contribution in [3.63, 3.8) is 0 Å². The molecule has 0 unspecified atom stereocenters. The van der Waals surface area contributed by atoms with Crippen LogP contribution in [0.4, 0.5) is 0 Å². The number of aryl methyl sites for hydroxylation is 1. The van der Waals surface area contributed by atoms with E-state index in [2.05, 4.69) is 28.0 Å². The molecule has 0 radical (unpaired) electrons. The van der Waals surface area contributed by atoms with Gasteiger partial charge in [0.15, 0.2) is 0 Å². The van der Waals surface area contributed by atoms with E-state index in [1.165, 1.54) is 0 Å². The van der Waals surface area contributed by atoms with Crippen molar-refractivity contribution in [3.05, 3.63) is 16.4 Å². The minimum absolute atomic E-state index is 0.591. The van der Waals surface area contributed by atoms with Gasteiger partial charge in [0.1, 0.15) is 5.69 Å². The molecule has 0 amide bonds. The van der Waals surface area contributed by atoms with E-state index < -0.39 is 0 Å². The van der Waals surface area contributed by atoms with E-state index in [4.69, 9.17) is 4.74 Å². The third kappa shape index (κ3) is 3.12. The van der Waals surface area contributed by atoms with Crippen molar-refractivity contribution in [1.82, 2.24) is 9.78 Å². The van der Waals surface area contributed by atoms with Crippen LogP contribution in [0.5, 0.6) is 0 Å². The van der Waals surface area contributed by atoms with Crippen molar-refractivity contribution >= 4 is 15.9 Å². The summed E-state index contributed by atoms with van der Waals surface area (Å²) < 4.78 is 8.27. The van der Waals surface area contributed by atoms with E-state index in [9.17, 15) is 0 Å². The molecule has 0 saturated heterocycles. The topological polar surface area (TPSA) is 27.1 Å². The molecular formula is C9H15BrN2O. The van der Waals surface area contributed by atoms with Gasteiger partial charge < -0.3 is 4.74 Å². The van der Waals surface area contributed by atoms with Gasteiger partial charge in [0.25, 0.3) is 0 Å². The fourth-order valence-corrected chi connectivity index (χ4v) is 1.51. The Hall–Kier alpha value is -0.350. The second-order valence-electron chi connectivity index (χ2n) is 2.82. The van der Waals surface area contributed by atoms with Gasteiger partial charge >= 0.3 is 0 Å². The van der Waals surface area contributed by atoms with Crippen molar-refractivity contribution in [2.45, 2.75) is 33.4 Å². The van der Waals surface area contributed by atoms with Crippen molar-refractivity contribution < 1.29 is 4.74 Å². The summed E-state index contributed by atoms with van der Waals surface area (Å²) in [5.41, 5.74) is 0.982. The fourth-order valence-electron chi connectivity index (χ4n) is 1.08. The van der Waals surface area contributed by atoms with Gasteiger partial charge in [-0.05, 0) is 29.3 Å². The van der Waals surface area contributed by atoms with Crippen molar-refractivity contribution in [2.75, 3.05) is 6.61 Å². The van der Waals surface area contributed by atoms with Crippen LogP contribution in [0.1, 0.15) is 26.0 Å². The lowest BCUT2D eigenvalue weighted by atomic mass is 10.5. The van der Waals surface area contributed by atoms with Crippen LogP contribution in [-0.4, -0.2) is 16.4 Å². The summed E-state index contributed by atoms with van der Waals surface area (Å²) in [6.45, 7) is 6.40. The van der Waals surface area contributed by atoms with Gasteiger partial charge in [0, 0.05) is 19.3 Å². The van der Waals surface area contributed by atoms with Crippen molar-refractivity contribution in [1.29, 1.82) is 0 Å². The second-order valence-corrected chi connectivity index (χ2v) is 3.68. The Balaban J connectivity index is 2.60. The second kappa shape index (κ2) is 5.40. The number of hydrogen-bond donors (Lipinski definition) is 0. The first-order valence-corrected chi connectivity index (χ1v) is 5.36. The van der Waals surface area contributed by atoms with Gasteiger partial charge in [-0.15, -0.1) is 0 Å². The first-order chi connectivity index (χ1) is 6.27. The Kier molecular flexibility index (Phi) is 4.45. The van der Waals surface area contributed by atoms with Crippen molar-refractivity contribution in [2.24, 2.45) is 0 Å². The number of ether oxygens (including phenoxy) is 1. The Morgan fingerprint density at radius 3 is 2.92 bits per heavy atom. The van der Waals surface area contributed by atoms with Gasteiger partial charge in [-0.1, -0.05) is 6.92 Å². The molecule has 3 nitrogen and oxygen atoms in total. The van der Waals surface area contributed by atoms with Gasteiger partial charge in [0.2, 0.25) is 0 Å². The molecule has 74 valence electrons. The molecule has 1 rings (SSSR count). The summed E-state index contributed by atoms with van der Waals surface area (Å²) >= 11 is 3.45. The highest BCUT2D eigenvalue weighted by molar-refractivity contribution is 9.10. The Morgan fingerprint density at radius 1 is 1.54 bits per heavy atom. The summed E-state index contributed by atoms with van der Waals surface area (Å²) in [6, 6.07) is 0. The molecule has 0 spiro atoms. The van der Waals surface area contributed by atoms with Crippen LogP contribution < -0.4 is 0 Å². The van der Waals surface area contributed by atoms with Crippen molar-refractivity contribution in [3.8, 4) is 0 Å². The molecule has 13 heavy (non-hydrogen) atoms. The zero-order valence-corrected chi connectivity index (χ0v) is 9.67. The molecule has 0 aliphatic carbocycles. The highest BCUT2D eigenvalue weighted by Crippen LogP contribution is 2.15. The number of hydrogen-bond acceptors (Lipinski definition) is 2. The molecule has 4 heteroatoms. The highest BCUT2D eigenvalue weighted by atomic mass is 79.9. The van der Waals surface area contributed by atoms with E-state index in [-0.39, 0.29) is 0 Å². The minimum atomic E-state index is 0.591. The van der Waals surface area contributed by atoms with Gasteiger partial charge in [-0.3, -0.25) is 4.68 Å². The SMILES string of the molecule is CCCn1cc(Br)c(COCC)n1. The number of rotatable bonds is 5. The summed E-state index contributed by atoms with van der Waals surface area (Å²) in [7, 11) is 0. The smallest absolute Gasteiger partial charge is 0.102 e. The Morgan fingerprint density at radius 2 is 2.31 bits per heavy atom. The third-order valence-electron chi connectivity index (χ3n) is 1.68. The monoisotopic (exact) mass is 246 g/mol. The van der Waals surface area contributed by atoms with Crippen LogP contribution >= 0.6 is 15.9 Å². The number of nitrogens with zero attached hydrogens (tertiary/aromatic N) is 2. The van der Waals surface area contributed by atoms with Gasteiger partial charge in [-0.25, -0.2) is 0 Å². The average molecular weight is 247 g/mol. The Labute approximate surface area is 87.2 Å². The van der Waals surface area contributed by atoms with E-state index in [0.29, 0.717) is 6.61 Å². The third-order valence-corrected chi connectivity index (χ3v) is 2.35. The van der Waals surface area contributed by atoms with Gasteiger partial charge in [-0.2, -0.15) is 5.10 Å². The summed E-state index contributed by atoms with van der Waals surface area (Å²) in [5, 5.41) is 4.38. The maximum absolute atomic E-state index is 5.29. The molecule has 1 heterocycles. The minimum Gasteiger partial charge on any atom is -0.375 e. The molecular weight excluding hydrogens is 232 g/mol. The van der Waals surface area contributed by atoms with E-state index in [1.54, 1.807) is 0 Å². The van der Waals surface area contributed by atoms with Crippen LogP contribution in [-0.2, 0) is 17.9 Å². The van der Waals surface area contributed by atoms with Crippen LogP contribution in [0.3, 0.4) is 0 Å². The standard InChI is InChI=1S/C9H15BrN2O/c1-3-5-12-6-8(10)9(11-12)7-13-4-2/h6H,3-5,7H2,1-2H3. The van der Waals surface area contributed by atoms with Crippen LogP contribution in [0.25, 0.3) is 0 Å². The first kappa shape index (κ1) is 10.7. The molecule has 0 saturated carbocycles. The summed E-state index contributed by atoms with van der Waals surface area (Å²) in [6.07, 6.45) is 3.10. The first-order valence-electron chi connectivity index (χ1n) is 4.57. The molecule has 0 aliphatic heterocycles. The maximum Gasteiger partial charge on any atom is 0.102 e. The predicted octanol–water partition coefficient (Wildman–Crippen LogP) is 2.59. The fraction of sp³-hybridized carbons (Fsp3) is 0.667. The quantitative estimate of drug-likeness (QED) is 0.799. The Bertz CT molecular complexity index is 260. The van der Waals surface area contributed by atoms with E-state index in [1.807, 2.05) is 17.8 Å². The molecule has 0 aliphatic rings. The number of halogens is 1. The normalized spacial score (nSPS) is 10.7. The molecule has 0 fully saturated rings. The lowest BCUT2D eigenvalue weighted by Gasteiger charge is -1.97. The molecule has 0 bridgehead atoms. The zero-order valence-electron chi connectivity index (χ0n) is 8.09. The summed E-state index contributed by atoms with van der Waals surface area (Å²) in [5.74, 6) is 0. The zero-order chi connectivity index (χ0) is 9.68. The molecule has 0 aromatic carbocycles. The highest BCUT2D eigenvalue weighted by Gasteiger charge is 2.05. The van der Waals surface area contributed by atoms with Crippen LogP contribution in [0, 0.1) is 0 Å². The van der Waals surface area contributed by atoms with Crippen LogP contribution in [0.2, 0.25) is 0 Å². The van der Waals surface area contributed by atoms with E-state index in [0.717, 1.165) is 29.7 Å². The molecule has 1 aromatic heterocycles. The lowest BCUT2D eigenvalue weighted by Crippen LogP contribution is -1.99. The lowest BCUT2D eigenvalue weighted by molar-refractivity contribution is 0.130. The van der Waals surface area contributed by atoms with Crippen LogP contribution in [0.15, 0.2) is 10.7 Å². The van der Waals surface area contributed by atoms with Gasteiger partial charge in [0.05, 0.1) is 11.1 Å². The maximum atomic E-state index is 5.29. The number of aromatic nitrogens is 2. The average Bonchev–Trinajstić information content (AvgIpc) is 2.44. The largest absolute Gasteiger partial charge is 0.375 e. The predicted molar refractivity (Wildman–Crippen MR) is 55.5 cm³/mol. The molecule has 0 N–H and O–H groups in total. The molecule has 0 atom stereocenters. The van der Waals surface area contributed by atoms with E-state index >= 15 is 0 Å². The summed E-state index contributed by atoms with van der Waals surface area (Å²) in [4.78, 5) is 0. The molecule has 1 aromatic rings.